The van der Waals surface area contributed by atoms with Crippen molar-refractivity contribution in [3.63, 3.8) is 0 Å². The van der Waals surface area contributed by atoms with Gasteiger partial charge < -0.3 is 10.2 Å². The van der Waals surface area contributed by atoms with Crippen molar-refractivity contribution in [3.05, 3.63) is 23.1 Å². The molecular weight excluding hydrogens is 210 g/mol. The van der Waals surface area contributed by atoms with Crippen molar-refractivity contribution in [2.24, 2.45) is 0 Å². The molecule has 0 amide bonds. The first-order valence-electron chi connectivity index (χ1n) is 3.81. The van der Waals surface area contributed by atoms with Gasteiger partial charge in [0.05, 0.1) is 10.3 Å². The van der Waals surface area contributed by atoms with Crippen LogP contribution in [0.5, 0.6) is 11.5 Å². The van der Waals surface area contributed by atoms with E-state index < -0.39 is 17.7 Å². The van der Waals surface area contributed by atoms with E-state index in [1.54, 1.807) is 0 Å². The third-order valence-electron chi connectivity index (χ3n) is 1.96. The topological polar surface area (TPSA) is 40.5 Å². The SMILES string of the molecule is Oc1ccc2c(O)csc2c1C(F)F. The van der Waals surface area contributed by atoms with Crippen molar-refractivity contribution >= 4 is 21.4 Å². The summed E-state index contributed by atoms with van der Waals surface area (Å²) in [5.41, 5.74) is -0.409. The summed E-state index contributed by atoms with van der Waals surface area (Å²) in [7, 11) is 0. The van der Waals surface area contributed by atoms with Gasteiger partial charge >= 0.3 is 0 Å². The van der Waals surface area contributed by atoms with Crippen molar-refractivity contribution in [2.45, 2.75) is 6.43 Å². The number of benzene rings is 1. The molecule has 0 aliphatic heterocycles. The first-order chi connectivity index (χ1) is 6.61. The molecule has 2 aromatic rings. The van der Waals surface area contributed by atoms with Gasteiger partial charge in [-0.05, 0) is 12.1 Å². The Morgan fingerprint density at radius 2 is 1.86 bits per heavy atom. The Morgan fingerprint density at radius 3 is 2.50 bits per heavy atom. The largest absolute Gasteiger partial charge is 0.507 e. The minimum atomic E-state index is -2.74. The summed E-state index contributed by atoms with van der Waals surface area (Å²) in [6.45, 7) is 0. The summed E-state index contributed by atoms with van der Waals surface area (Å²) >= 11 is 0.993. The average molecular weight is 216 g/mol. The quantitative estimate of drug-likeness (QED) is 0.768. The van der Waals surface area contributed by atoms with E-state index in [1.807, 2.05) is 0 Å². The molecule has 2 N–H and O–H groups in total. The van der Waals surface area contributed by atoms with Crippen LogP contribution < -0.4 is 0 Å². The number of hydrogen-bond donors (Lipinski definition) is 2. The predicted molar refractivity (Wildman–Crippen MR) is 50.1 cm³/mol. The zero-order valence-electron chi connectivity index (χ0n) is 6.87. The molecular formula is C9H6F2O2S. The van der Waals surface area contributed by atoms with Gasteiger partial charge in [0.25, 0.3) is 6.43 Å². The normalized spacial score (nSPS) is 11.4. The van der Waals surface area contributed by atoms with Gasteiger partial charge in [0, 0.05) is 10.8 Å². The Balaban J connectivity index is 2.83. The minimum absolute atomic E-state index is 0.0353. The molecule has 1 heterocycles. The fourth-order valence-corrected chi connectivity index (χ4v) is 2.28. The van der Waals surface area contributed by atoms with E-state index in [0.29, 0.717) is 5.39 Å². The maximum Gasteiger partial charge on any atom is 0.268 e. The van der Waals surface area contributed by atoms with Crippen molar-refractivity contribution in [1.82, 2.24) is 0 Å². The number of fused-ring (bicyclic) bond motifs is 1. The van der Waals surface area contributed by atoms with Crippen LogP contribution in [-0.2, 0) is 0 Å². The third kappa shape index (κ3) is 1.21. The molecule has 5 heteroatoms. The fourth-order valence-electron chi connectivity index (χ4n) is 1.31. The molecule has 1 aromatic heterocycles. The number of thiophene rings is 1. The minimum Gasteiger partial charge on any atom is -0.507 e. The van der Waals surface area contributed by atoms with Crippen molar-refractivity contribution in [3.8, 4) is 11.5 Å². The molecule has 0 spiro atoms. The molecule has 0 saturated heterocycles. The van der Waals surface area contributed by atoms with Crippen LogP contribution in [0.1, 0.15) is 12.0 Å². The van der Waals surface area contributed by atoms with Gasteiger partial charge in [0.1, 0.15) is 11.5 Å². The van der Waals surface area contributed by atoms with Crippen LogP contribution in [0.3, 0.4) is 0 Å². The molecule has 0 unspecified atom stereocenters. The molecule has 0 radical (unpaired) electrons. The van der Waals surface area contributed by atoms with Gasteiger partial charge in [-0.15, -0.1) is 11.3 Å². The lowest BCUT2D eigenvalue weighted by atomic mass is 10.1. The number of phenols is 1. The second kappa shape index (κ2) is 3.09. The third-order valence-corrected chi connectivity index (χ3v) is 2.97. The Hall–Kier alpha value is -1.36. The summed E-state index contributed by atoms with van der Waals surface area (Å²) in [5, 5.41) is 20.2. The maximum absolute atomic E-state index is 12.5. The lowest BCUT2D eigenvalue weighted by molar-refractivity contribution is 0.149. The first kappa shape index (κ1) is 9.21. The molecule has 0 atom stereocenters. The number of alkyl halides is 2. The van der Waals surface area contributed by atoms with Gasteiger partial charge in [-0.25, -0.2) is 8.78 Å². The summed E-state index contributed by atoms with van der Waals surface area (Å²) in [5.74, 6) is -0.471. The summed E-state index contributed by atoms with van der Waals surface area (Å²) in [6, 6.07) is 2.58. The van der Waals surface area contributed by atoms with Crippen LogP contribution >= 0.6 is 11.3 Å². The highest BCUT2D eigenvalue weighted by Gasteiger charge is 2.19. The van der Waals surface area contributed by atoms with E-state index in [9.17, 15) is 19.0 Å². The Morgan fingerprint density at radius 1 is 1.14 bits per heavy atom. The van der Waals surface area contributed by atoms with Gasteiger partial charge in [-0.3, -0.25) is 0 Å². The van der Waals surface area contributed by atoms with Gasteiger partial charge in [0.15, 0.2) is 0 Å². The van der Waals surface area contributed by atoms with E-state index in [4.69, 9.17) is 0 Å². The van der Waals surface area contributed by atoms with Crippen molar-refractivity contribution in [1.29, 1.82) is 0 Å². The Bertz CT molecular complexity index is 479. The van der Waals surface area contributed by atoms with E-state index >= 15 is 0 Å². The zero-order valence-corrected chi connectivity index (χ0v) is 7.68. The van der Waals surface area contributed by atoms with Gasteiger partial charge in [-0.1, -0.05) is 0 Å². The predicted octanol–water partition coefficient (Wildman–Crippen LogP) is 3.25. The molecule has 0 saturated carbocycles. The fraction of sp³-hybridized carbons (Fsp3) is 0.111. The van der Waals surface area contributed by atoms with Crippen LogP contribution in [0.15, 0.2) is 17.5 Å². The number of aromatic hydroxyl groups is 2. The lowest BCUT2D eigenvalue weighted by Gasteiger charge is -2.04. The average Bonchev–Trinajstić information content (AvgIpc) is 2.47. The number of halogens is 2. The molecule has 74 valence electrons. The van der Waals surface area contributed by atoms with Crippen LogP contribution in [0.25, 0.3) is 10.1 Å². The number of hydrogen-bond acceptors (Lipinski definition) is 3. The molecule has 0 aliphatic rings. The Kier molecular flexibility index (Phi) is 2.03. The molecule has 0 fully saturated rings. The maximum atomic E-state index is 12.5. The van der Waals surface area contributed by atoms with Crippen LogP contribution in [-0.4, -0.2) is 10.2 Å². The summed E-state index contributed by atoms with van der Waals surface area (Å²) in [4.78, 5) is 0. The van der Waals surface area contributed by atoms with Crippen LogP contribution in [0, 0.1) is 0 Å². The van der Waals surface area contributed by atoms with Gasteiger partial charge in [0.2, 0.25) is 0 Å². The van der Waals surface area contributed by atoms with E-state index in [0.717, 1.165) is 17.4 Å². The molecule has 1 aromatic carbocycles. The summed E-state index contributed by atoms with van der Waals surface area (Å²) in [6.07, 6.45) is -2.74. The van der Waals surface area contributed by atoms with E-state index in [-0.39, 0.29) is 10.4 Å². The highest BCUT2D eigenvalue weighted by molar-refractivity contribution is 7.17. The van der Waals surface area contributed by atoms with Crippen LogP contribution in [0.4, 0.5) is 8.78 Å². The van der Waals surface area contributed by atoms with E-state index in [2.05, 4.69) is 0 Å². The molecule has 14 heavy (non-hydrogen) atoms. The van der Waals surface area contributed by atoms with Crippen molar-refractivity contribution in [2.75, 3.05) is 0 Å². The molecule has 0 bridgehead atoms. The standard InChI is InChI=1S/C9H6F2O2S/c10-9(11)7-5(12)2-1-4-6(13)3-14-8(4)7/h1-3,9,12-13H. The highest BCUT2D eigenvalue weighted by atomic mass is 32.1. The summed E-state index contributed by atoms with van der Waals surface area (Å²) < 4.78 is 25.3. The molecule has 2 rings (SSSR count). The Labute approximate surface area is 82.0 Å². The van der Waals surface area contributed by atoms with Crippen LogP contribution in [0.2, 0.25) is 0 Å². The molecule has 2 nitrogen and oxygen atoms in total. The number of phenolic OH excluding ortho intramolecular Hbond substituents is 1. The highest BCUT2D eigenvalue weighted by Crippen LogP contribution is 2.41. The lowest BCUT2D eigenvalue weighted by Crippen LogP contribution is -1.85. The monoisotopic (exact) mass is 216 g/mol. The molecule has 0 aliphatic carbocycles. The van der Waals surface area contributed by atoms with Gasteiger partial charge in [-0.2, -0.15) is 0 Å². The second-order valence-corrected chi connectivity index (χ2v) is 3.68. The van der Waals surface area contributed by atoms with E-state index in [1.165, 1.54) is 11.4 Å². The smallest absolute Gasteiger partial charge is 0.268 e. The number of rotatable bonds is 1. The first-order valence-corrected chi connectivity index (χ1v) is 4.69. The second-order valence-electron chi connectivity index (χ2n) is 2.80. The van der Waals surface area contributed by atoms with Crippen molar-refractivity contribution < 1.29 is 19.0 Å². The zero-order chi connectivity index (χ0) is 10.3.